The maximum absolute atomic E-state index is 11.8. The number of hydrogen-bond acceptors (Lipinski definition) is 5. The molecule has 6 heteroatoms. The first-order chi connectivity index (χ1) is 8.83. The van der Waals surface area contributed by atoms with Crippen molar-refractivity contribution in [1.82, 2.24) is 15.0 Å². The number of pyridine rings is 1. The topological polar surface area (TPSA) is 70.7 Å². The Morgan fingerprint density at radius 2 is 2.17 bits per heavy atom. The molecule has 0 saturated carbocycles. The largest absolute Gasteiger partial charge is 0.352 e. The molecule has 2 aromatic rings. The van der Waals surface area contributed by atoms with Gasteiger partial charge in [0.25, 0.3) is 5.56 Å². The summed E-state index contributed by atoms with van der Waals surface area (Å²) in [5, 5.41) is 3.13. The zero-order valence-electron chi connectivity index (χ0n) is 9.64. The van der Waals surface area contributed by atoms with Crippen LogP contribution in [0.1, 0.15) is 16.8 Å². The molecule has 0 aromatic carbocycles. The third-order valence-electron chi connectivity index (χ3n) is 2.80. The number of anilines is 1. The molecule has 1 aliphatic heterocycles. The van der Waals surface area contributed by atoms with Crippen LogP contribution in [0.4, 0.5) is 5.95 Å². The zero-order chi connectivity index (χ0) is 12.4. The molecule has 0 fully saturated rings. The monoisotopic (exact) mass is 260 g/mol. The second-order valence-electron chi connectivity index (χ2n) is 4.04. The van der Waals surface area contributed by atoms with Crippen molar-refractivity contribution in [3.8, 4) is 0 Å². The average molecular weight is 260 g/mol. The fraction of sp³-hybridized carbons (Fsp3) is 0.250. The summed E-state index contributed by atoms with van der Waals surface area (Å²) < 4.78 is 0. The minimum Gasteiger partial charge on any atom is -0.352 e. The van der Waals surface area contributed by atoms with Crippen molar-refractivity contribution < 1.29 is 0 Å². The lowest BCUT2D eigenvalue weighted by Crippen LogP contribution is -2.17. The number of H-pyrrole nitrogens is 1. The number of hydrogen-bond donors (Lipinski definition) is 2. The summed E-state index contributed by atoms with van der Waals surface area (Å²) in [5.41, 5.74) is 2.79. The average Bonchev–Trinajstić information content (AvgIpc) is 2.86. The normalized spacial score (nSPS) is 13.3. The SMILES string of the molecule is O=c1[nH]c(NCc2ccncc2)nc2c1CSC2. The number of fused-ring (bicyclic) bond motifs is 1. The molecule has 3 rings (SSSR count). The molecule has 0 unspecified atom stereocenters. The Balaban J connectivity index is 1.78. The van der Waals surface area contributed by atoms with Gasteiger partial charge in [0, 0.05) is 36.0 Å². The first-order valence-electron chi connectivity index (χ1n) is 5.65. The second-order valence-corrected chi connectivity index (χ2v) is 5.03. The van der Waals surface area contributed by atoms with Gasteiger partial charge in [-0.2, -0.15) is 11.8 Å². The maximum Gasteiger partial charge on any atom is 0.256 e. The fourth-order valence-electron chi connectivity index (χ4n) is 1.83. The summed E-state index contributed by atoms with van der Waals surface area (Å²) >= 11 is 1.72. The van der Waals surface area contributed by atoms with Gasteiger partial charge in [-0.25, -0.2) is 4.98 Å². The van der Waals surface area contributed by atoms with Crippen LogP contribution >= 0.6 is 11.8 Å². The highest BCUT2D eigenvalue weighted by molar-refractivity contribution is 7.98. The van der Waals surface area contributed by atoms with Crippen LogP contribution in [0.3, 0.4) is 0 Å². The maximum atomic E-state index is 11.8. The summed E-state index contributed by atoms with van der Waals surface area (Å²) in [6, 6.07) is 3.85. The van der Waals surface area contributed by atoms with Gasteiger partial charge in [0.2, 0.25) is 5.95 Å². The molecule has 0 radical (unpaired) electrons. The molecule has 2 aromatic heterocycles. The van der Waals surface area contributed by atoms with E-state index in [9.17, 15) is 4.79 Å². The van der Waals surface area contributed by atoms with Crippen LogP contribution in [0.25, 0.3) is 0 Å². The minimum absolute atomic E-state index is 0.0257. The molecule has 92 valence electrons. The third-order valence-corrected chi connectivity index (χ3v) is 3.77. The summed E-state index contributed by atoms with van der Waals surface area (Å²) in [7, 11) is 0. The van der Waals surface area contributed by atoms with Crippen LogP contribution in [0, 0.1) is 0 Å². The summed E-state index contributed by atoms with van der Waals surface area (Å²) in [4.78, 5) is 22.9. The van der Waals surface area contributed by atoms with Crippen molar-refractivity contribution in [1.29, 1.82) is 0 Å². The summed E-state index contributed by atoms with van der Waals surface area (Å²) in [6.07, 6.45) is 3.49. The molecule has 18 heavy (non-hydrogen) atoms. The Kier molecular flexibility index (Phi) is 3.02. The standard InChI is InChI=1S/C12H12N4OS/c17-11-9-6-18-7-10(9)15-12(16-11)14-5-8-1-3-13-4-2-8/h1-4H,5-7H2,(H2,14,15,16,17). The highest BCUT2D eigenvalue weighted by atomic mass is 32.2. The number of rotatable bonds is 3. The van der Waals surface area contributed by atoms with E-state index in [1.165, 1.54) is 0 Å². The molecular formula is C12H12N4OS. The van der Waals surface area contributed by atoms with Crippen molar-refractivity contribution >= 4 is 17.7 Å². The molecule has 1 aliphatic rings. The van der Waals surface area contributed by atoms with E-state index >= 15 is 0 Å². The first-order valence-corrected chi connectivity index (χ1v) is 6.81. The highest BCUT2D eigenvalue weighted by Gasteiger charge is 2.17. The van der Waals surface area contributed by atoms with E-state index < -0.39 is 0 Å². The van der Waals surface area contributed by atoms with Gasteiger partial charge in [-0.1, -0.05) is 0 Å². The lowest BCUT2D eigenvalue weighted by Gasteiger charge is -2.06. The van der Waals surface area contributed by atoms with Crippen LogP contribution in [-0.2, 0) is 18.1 Å². The molecular weight excluding hydrogens is 248 g/mol. The van der Waals surface area contributed by atoms with Gasteiger partial charge in [-0.3, -0.25) is 14.8 Å². The predicted molar refractivity (Wildman–Crippen MR) is 71.4 cm³/mol. The molecule has 0 saturated heterocycles. The lowest BCUT2D eigenvalue weighted by molar-refractivity contribution is 0.984. The van der Waals surface area contributed by atoms with Crippen molar-refractivity contribution in [2.45, 2.75) is 18.1 Å². The minimum atomic E-state index is -0.0257. The number of aromatic amines is 1. The van der Waals surface area contributed by atoms with E-state index in [1.807, 2.05) is 12.1 Å². The molecule has 0 spiro atoms. The van der Waals surface area contributed by atoms with Gasteiger partial charge < -0.3 is 5.32 Å². The Hall–Kier alpha value is -1.82. The number of nitrogens with zero attached hydrogens (tertiary/aromatic N) is 2. The lowest BCUT2D eigenvalue weighted by atomic mass is 10.2. The van der Waals surface area contributed by atoms with Crippen molar-refractivity contribution in [2.75, 3.05) is 5.32 Å². The molecule has 0 amide bonds. The Bertz CT molecular complexity index is 611. The van der Waals surface area contributed by atoms with Crippen LogP contribution < -0.4 is 10.9 Å². The predicted octanol–water partition coefficient (Wildman–Crippen LogP) is 1.52. The van der Waals surface area contributed by atoms with E-state index in [2.05, 4.69) is 20.3 Å². The van der Waals surface area contributed by atoms with Crippen molar-refractivity contribution in [3.63, 3.8) is 0 Å². The first kappa shape index (κ1) is 11.3. The molecule has 0 atom stereocenters. The van der Waals surface area contributed by atoms with Crippen LogP contribution in [0.2, 0.25) is 0 Å². The summed E-state index contributed by atoms with van der Waals surface area (Å²) in [6.45, 7) is 0.622. The Labute approximate surface area is 108 Å². The number of aromatic nitrogens is 3. The Morgan fingerprint density at radius 3 is 3.00 bits per heavy atom. The molecule has 5 nitrogen and oxygen atoms in total. The van der Waals surface area contributed by atoms with Crippen LogP contribution in [0.5, 0.6) is 0 Å². The van der Waals surface area contributed by atoms with Gasteiger partial charge in [0.05, 0.1) is 5.69 Å². The van der Waals surface area contributed by atoms with Crippen molar-refractivity contribution in [2.24, 2.45) is 0 Å². The summed E-state index contributed by atoms with van der Waals surface area (Å²) in [5.74, 6) is 2.13. The smallest absolute Gasteiger partial charge is 0.256 e. The van der Waals surface area contributed by atoms with Gasteiger partial charge in [-0.15, -0.1) is 0 Å². The molecule has 3 heterocycles. The van der Waals surface area contributed by atoms with Gasteiger partial charge in [-0.05, 0) is 17.7 Å². The van der Waals surface area contributed by atoms with E-state index in [0.717, 1.165) is 28.3 Å². The van der Waals surface area contributed by atoms with Gasteiger partial charge >= 0.3 is 0 Å². The highest BCUT2D eigenvalue weighted by Crippen LogP contribution is 2.25. The molecule has 0 bridgehead atoms. The zero-order valence-corrected chi connectivity index (χ0v) is 10.5. The Morgan fingerprint density at radius 1 is 1.33 bits per heavy atom. The van der Waals surface area contributed by atoms with Gasteiger partial charge in [0.15, 0.2) is 0 Å². The quantitative estimate of drug-likeness (QED) is 0.875. The molecule has 0 aliphatic carbocycles. The fourth-order valence-corrected chi connectivity index (χ4v) is 2.87. The van der Waals surface area contributed by atoms with E-state index in [1.54, 1.807) is 24.2 Å². The third kappa shape index (κ3) is 2.24. The van der Waals surface area contributed by atoms with Crippen molar-refractivity contribution in [3.05, 3.63) is 51.7 Å². The number of nitrogens with one attached hydrogen (secondary N) is 2. The van der Waals surface area contributed by atoms with E-state index in [-0.39, 0.29) is 5.56 Å². The van der Waals surface area contributed by atoms with E-state index in [0.29, 0.717) is 12.5 Å². The molecule has 2 N–H and O–H groups in total. The van der Waals surface area contributed by atoms with Gasteiger partial charge in [0.1, 0.15) is 0 Å². The van der Waals surface area contributed by atoms with Crippen LogP contribution in [-0.4, -0.2) is 15.0 Å². The number of thioether (sulfide) groups is 1. The van der Waals surface area contributed by atoms with Crippen LogP contribution in [0.15, 0.2) is 29.3 Å². The second kappa shape index (κ2) is 4.81. The van der Waals surface area contributed by atoms with E-state index in [4.69, 9.17) is 0 Å².